The third kappa shape index (κ3) is 3.93. The van der Waals surface area contributed by atoms with E-state index in [0.29, 0.717) is 12.3 Å². The second kappa shape index (κ2) is 5.40. The summed E-state index contributed by atoms with van der Waals surface area (Å²) in [5, 5.41) is -0.0566. The zero-order chi connectivity index (χ0) is 13.1. The topological polar surface area (TPSA) is 38.4 Å². The van der Waals surface area contributed by atoms with Crippen molar-refractivity contribution in [3.05, 3.63) is 28.8 Å². The fraction of sp³-hybridized carbons (Fsp3) is 0.364. The van der Waals surface area contributed by atoms with E-state index < -0.39 is 11.7 Å². The van der Waals surface area contributed by atoms with Gasteiger partial charge in [-0.05, 0) is 24.6 Å². The molecular weight excluding hydrogens is 253 g/mol. The van der Waals surface area contributed by atoms with Gasteiger partial charge in [-0.15, -0.1) is 0 Å². The largest absolute Gasteiger partial charge is 0.416 e. The van der Waals surface area contributed by atoms with Crippen molar-refractivity contribution >= 4 is 23.1 Å². The molecule has 17 heavy (non-hydrogen) atoms. The Hall–Kier alpha value is -1.23. The summed E-state index contributed by atoms with van der Waals surface area (Å²) in [6, 6.07) is 3.00. The molecule has 0 fully saturated rings. The summed E-state index contributed by atoms with van der Waals surface area (Å²) in [6.07, 6.45) is -3.01. The molecule has 0 aliphatic carbocycles. The van der Waals surface area contributed by atoms with Crippen LogP contribution in [0.1, 0.15) is 25.3 Å². The number of rotatable bonds is 3. The van der Waals surface area contributed by atoms with E-state index in [4.69, 9.17) is 17.3 Å². The van der Waals surface area contributed by atoms with Crippen LogP contribution in [0, 0.1) is 0 Å². The van der Waals surface area contributed by atoms with Crippen LogP contribution in [0.25, 0.3) is 0 Å². The van der Waals surface area contributed by atoms with Crippen molar-refractivity contribution in [2.24, 2.45) is 10.7 Å². The zero-order valence-electron chi connectivity index (χ0n) is 9.18. The molecule has 0 atom stereocenters. The van der Waals surface area contributed by atoms with Crippen LogP contribution in [0.15, 0.2) is 23.2 Å². The average molecular weight is 265 g/mol. The van der Waals surface area contributed by atoms with Crippen LogP contribution >= 0.6 is 11.6 Å². The van der Waals surface area contributed by atoms with E-state index in [1.165, 1.54) is 6.07 Å². The van der Waals surface area contributed by atoms with Crippen molar-refractivity contribution in [2.45, 2.75) is 25.9 Å². The Labute approximate surface area is 102 Å². The molecule has 0 aliphatic heterocycles. The van der Waals surface area contributed by atoms with Gasteiger partial charge in [0.2, 0.25) is 0 Å². The third-order valence-corrected chi connectivity index (χ3v) is 2.35. The van der Waals surface area contributed by atoms with Gasteiger partial charge in [0.15, 0.2) is 0 Å². The number of aliphatic imine (C=N–C) groups is 1. The molecule has 0 saturated carbocycles. The molecule has 0 radical (unpaired) electrons. The Balaban J connectivity index is 3.02. The minimum atomic E-state index is -4.40. The predicted octanol–water partition coefficient (Wildman–Crippen LogP) is 4.15. The van der Waals surface area contributed by atoms with Crippen molar-refractivity contribution in [1.82, 2.24) is 0 Å². The number of hydrogen-bond acceptors (Lipinski definition) is 1. The van der Waals surface area contributed by atoms with E-state index in [9.17, 15) is 13.2 Å². The number of benzene rings is 1. The normalized spacial score (nSPS) is 12.9. The summed E-state index contributed by atoms with van der Waals surface area (Å²) in [4.78, 5) is 3.97. The first-order valence-corrected chi connectivity index (χ1v) is 5.42. The van der Waals surface area contributed by atoms with Crippen LogP contribution in [0.2, 0.25) is 5.02 Å². The molecule has 0 spiro atoms. The highest BCUT2D eigenvalue weighted by molar-refractivity contribution is 6.33. The van der Waals surface area contributed by atoms with Gasteiger partial charge < -0.3 is 5.73 Å². The Morgan fingerprint density at radius 3 is 2.53 bits per heavy atom. The molecule has 94 valence electrons. The van der Waals surface area contributed by atoms with Gasteiger partial charge in [0.25, 0.3) is 0 Å². The first-order valence-electron chi connectivity index (χ1n) is 5.04. The van der Waals surface area contributed by atoms with Crippen LogP contribution in [0.5, 0.6) is 0 Å². The first kappa shape index (κ1) is 13.8. The van der Waals surface area contributed by atoms with E-state index in [-0.39, 0.29) is 10.7 Å². The van der Waals surface area contributed by atoms with E-state index in [1.54, 1.807) is 0 Å². The lowest BCUT2D eigenvalue weighted by Gasteiger charge is -2.08. The second-order valence-corrected chi connectivity index (χ2v) is 3.92. The SMILES string of the molecule is CCCC(N)=Nc1ccc(C(F)(F)F)cc1Cl. The van der Waals surface area contributed by atoms with Crippen molar-refractivity contribution in [1.29, 1.82) is 0 Å². The molecule has 1 aromatic carbocycles. The highest BCUT2D eigenvalue weighted by atomic mass is 35.5. The summed E-state index contributed by atoms with van der Waals surface area (Å²) >= 11 is 5.72. The van der Waals surface area contributed by atoms with E-state index >= 15 is 0 Å². The van der Waals surface area contributed by atoms with Gasteiger partial charge >= 0.3 is 6.18 Å². The lowest BCUT2D eigenvalue weighted by molar-refractivity contribution is -0.137. The molecule has 1 aromatic rings. The molecule has 1 rings (SSSR count). The first-order chi connectivity index (χ1) is 7.84. The molecule has 2 N–H and O–H groups in total. The molecule has 0 bridgehead atoms. The summed E-state index contributed by atoms with van der Waals surface area (Å²) in [5.41, 5.74) is 5.04. The Bertz CT molecular complexity index is 427. The van der Waals surface area contributed by atoms with E-state index in [1.807, 2.05) is 6.92 Å². The van der Waals surface area contributed by atoms with Gasteiger partial charge in [-0.2, -0.15) is 13.2 Å². The molecule has 0 saturated heterocycles. The molecule has 2 nitrogen and oxygen atoms in total. The number of hydrogen-bond donors (Lipinski definition) is 1. The average Bonchev–Trinajstić information content (AvgIpc) is 2.20. The van der Waals surface area contributed by atoms with Crippen molar-refractivity contribution in [3.8, 4) is 0 Å². The van der Waals surface area contributed by atoms with Crippen LogP contribution in [0.3, 0.4) is 0 Å². The number of halogens is 4. The van der Waals surface area contributed by atoms with Crippen molar-refractivity contribution < 1.29 is 13.2 Å². The van der Waals surface area contributed by atoms with Gasteiger partial charge in [0.05, 0.1) is 22.1 Å². The maximum atomic E-state index is 12.4. The summed E-state index contributed by atoms with van der Waals surface area (Å²) in [6.45, 7) is 1.93. The quantitative estimate of drug-likeness (QED) is 0.646. The van der Waals surface area contributed by atoms with Gasteiger partial charge in [-0.1, -0.05) is 18.5 Å². The summed E-state index contributed by atoms with van der Waals surface area (Å²) < 4.78 is 37.1. The van der Waals surface area contributed by atoms with Crippen LogP contribution in [0.4, 0.5) is 18.9 Å². The molecule has 0 aromatic heterocycles. The third-order valence-electron chi connectivity index (χ3n) is 2.05. The Kier molecular flexibility index (Phi) is 4.40. The number of amidine groups is 1. The number of nitrogens with two attached hydrogens (primary N) is 1. The maximum absolute atomic E-state index is 12.4. The summed E-state index contributed by atoms with van der Waals surface area (Å²) in [7, 11) is 0. The van der Waals surface area contributed by atoms with Crippen molar-refractivity contribution in [2.75, 3.05) is 0 Å². The minimum Gasteiger partial charge on any atom is -0.387 e. The van der Waals surface area contributed by atoms with E-state index in [0.717, 1.165) is 18.6 Å². The molecular formula is C11H12ClF3N2. The number of alkyl halides is 3. The van der Waals surface area contributed by atoms with Crippen LogP contribution < -0.4 is 5.73 Å². The van der Waals surface area contributed by atoms with Crippen molar-refractivity contribution in [3.63, 3.8) is 0 Å². The van der Waals surface area contributed by atoms with Gasteiger partial charge in [-0.3, -0.25) is 0 Å². The minimum absolute atomic E-state index is 0.0566. The number of nitrogens with zero attached hydrogens (tertiary/aromatic N) is 1. The van der Waals surface area contributed by atoms with Crippen LogP contribution in [-0.2, 0) is 6.18 Å². The second-order valence-electron chi connectivity index (χ2n) is 3.52. The zero-order valence-corrected chi connectivity index (χ0v) is 9.94. The van der Waals surface area contributed by atoms with Crippen LogP contribution in [-0.4, -0.2) is 5.84 Å². The Morgan fingerprint density at radius 1 is 1.41 bits per heavy atom. The molecule has 6 heteroatoms. The monoisotopic (exact) mass is 264 g/mol. The smallest absolute Gasteiger partial charge is 0.387 e. The lowest BCUT2D eigenvalue weighted by atomic mass is 10.2. The van der Waals surface area contributed by atoms with Gasteiger partial charge in [-0.25, -0.2) is 4.99 Å². The molecule has 0 amide bonds. The van der Waals surface area contributed by atoms with E-state index in [2.05, 4.69) is 4.99 Å². The molecule has 0 aliphatic rings. The highest BCUT2D eigenvalue weighted by Crippen LogP contribution is 2.34. The molecule has 0 unspecified atom stereocenters. The highest BCUT2D eigenvalue weighted by Gasteiger charge is 2.30. The Morgan fingerprint density at radius 2 is 2.06 bits per heavy atom. The standard InChI is InChI=1S/C11H12ClF3N2/c1-2-3-10(16)17-9-5-4-7(6-8(9)12)11(13,14)15/h4-6H,2-3H2,1H3,(H2,16,17). The summed E-state index contributed by atoms with van der Waals surface area (Å²) in [5.74, 6) is 0.356. The molecule has 0 heterocycles. The predicted molar refractivity (Wildman–Crippen MR) is 62.6 cm³/mol. The van der Waals surface area contributed by atoms with Gasteiger partial charge in [0.1, 0.15) is 0 Å². The maximum Gasteiger partial charge on any atom is 0.416 e. The fourth-order valence-corrected chi connectivity index (χ4v) is 1.46. The fourth-order valence-electron chi connectivity index (χ4n) is 1.24. The lowest BCUT2D eigenvalue weighted by Crippen LogP contribution is -2.10. The van der Waals surface area contributed by atoms with Gasteiger partial charge in [0, 0.05) is 6.42 Å².